The van der Waals surface area contributed by atoms with Crippen LogP contribution >= 0.6 is 11.6 Å². The quantitative estimate of drug-likeness (QED) is 0.662. The van der Waals surface area contributed by atoms with Crippen molar-refractivity contribution < 1.29 is 4.79 Å². The number of nitrogens with one attached hydrogen (secondary N) is 1. The van der Waals surface area contributed by atoms with Crippen molar-refractivity contribution in [1.29, 1.82) is 5.26 Å². The standard InChI is InChI=1S/C18H22ClN3O/c1-13-8-9-15(10-17(13)19)21-18(23)14(11-20)12-22(2)16-6-4-3-5-7-16/h8-10,12,16H,3-7H2,1-2H3,(H,21,23)/b14-12-. The Balaban J connectivity index is 2.06. The van der Waals surface area contributed by atoms with Crippen molar-refractivity contribution in [2.24, 2.45) is 0 Å². The van der Waals surface area contributed by atoms with Gasteiger partial charge in [-0.3, -0.25) is 4.79 Å². The third-order valence-corrected chi connectivity index (χ3v) is 4.69. The summed E-state index contributed by atoms with van der Waals surface area (Å²) in [6.07, 6.45) is 7.56. The zero-order valence-corrected chi connectivity index (χ0v) is 14.4. The lowest BCUT2D eigenvalue weighted by molar-refractivity contribution is -0.112. The molecule has 1 aromatic rings. The number of carbonyl (C=O) groups is 1. The summed E-state index contributed by atoms with van der Waals surface area (Å²) in [5.41, 5.74) is 1.64. The maximum atomic E-state index is 12.3. The van der Waals surface area contributed by atoms with Crippen LogP contribution in [-0.4, -0.2) is 23.9 Å². The van der Waals surface area contributed by atoms with E-state index in [0.29, 0.717) is 16.8 Å². The molecule has 0 saturated heterocycles. The molecule has 0 atom stereocenters. The van der Waals surface area contributed by atoms with Crippen LogP contribution in [0.25, 0.3) is 0 Å². The van der Waals surface area contributed by atoms with Crippen molar-refractivity contribution in [3.8, 4) is 6.07 Å². The van der Waals surface area contributed by atoms with Gasteiger partial charge in [0.2, 0.25) is 0 Å². The maximum absolute atomic E-state index is 12.3. The zero-order valence-electron chi connectivity index (χ0n) is 13.6. The van der Waals surface area contributed by atoms with Gasteiger partial charge in [-0.25, -0.2) is 0 Å². The van der Waals surface area contributed by atoms with E-state index in [1.54, 1.807) is 18.3 Å². The number of hydrogen-bond donors (Lipinski definition) is 1. The van der Waals surface area contributed by atoms with E-state index >= 15 is 0 Å². The van der Waals surface area contributed by atoms with Gasteiger partial charge >= 0.3 is 0 Å². The average molecular weight is 332 g/mol. The predicted molar refractivity (Wildman–Crippen MR) is 93.2 cm³/mol. The summed E-state index contributed by atoms with van der Waals surface area (Å²) >= 11 is 6.06. The van der Waals surface area contributed by atoms with Crippen LogP contribution < -0.4 is 5.32 Å². The minimum atomic E-state index is -0.407. The highest BCUT2D eigenvalue weighted by Gasteiger charge is 2.18. The number of nitrogens with zero attached hydrogens (tertiary/aromatic N) is 2. The smallest absolute Gasteiger partial charge is 0.267 e. The van der Waals surface area contributed by atoms with Crippen LogP contribution in [0.5, 0.6) is 0 Å². The Hall–Kier alpha value is -1.99. The van der Waals surface area contributed by atoms with Crippen molar-refractivity contribution in [2.45, 2.75) is 45.1 Å². The number of hydrogen-bond acceptors (Lipinski definition) is 3. The summed E-state index contributed by atoms with van der Waals surface area (Å²) in [6, 6.07) is 7.70. The highest BCUT2D eigenvalue weighted by Crippen LogP contribution is 2.23. The van der Waals surface area contributed by atoms with Crippen LogP contribution in [0.3, 0.4) is 0 Å². The molecule has 5 heteroatoms. The van der Waals surface area contributed by atoms with Crippen LogP contribution in [0.2, 0.25) is 5.02 Å². The van der Waals surface area contributed by atoms with Gasteiger partial charge in [-0.1, -0.05) is 36.9 Å². The van der Waals surface area contributed by atoms with E-state index in [1.807, 2.05) is 31.0 Å². The van der Waals surface area contributed by atoms with E-state index in [1.165, 1.54) is 19.3 Å². The molecule has 1 aliphatic rings. The van der Waals surface area contributed by atoms with Crippen molar-refractivity contribution in [3.05, 3.63) is 40.6 Å². The number of halogens is 1. The van der Waals surface area contributed by atoms with Gasteiger partial charge in [0.25, 0.3) is 5.91 Å². The molecule has 2 rings (SSSR count). The van der Waals surface area contributed by atoms with Crippen molar-refractivity contribution in [2.75, 3.05) is 12.4 Å². The minimum Gasteiger partial charge on any atom is -0.376 e. The molecule has 1 fully saturated rings. The van der Waals surface area contributed by atoms with E-state index in [9.17, 15) is 10.1 Å². The third-order valence-electron chi connectivity index (χ3n) is 4.28. The Morgan fingerprint density at radius 2 is 2.09 bits per heavy atom. The largest absolute Gasteiger partial charge is 0.376 e. The number of amides is 1. The Morgan fingerprint density at radius 1 is 1.39 bits per heavy atom. The van der Waals surface area contributed by atoms with E-state index in [2.05, 4.69) is 5.32 Å². The summed E-state index contributed by atoms with van der Waals surface area (Å²) in [5, 5.41) is 12.6. The van der Waals surface area contributed by atoms with Crippen LogP contribution in [0, 0.1) is 18.3 Å². The molecule has 0 unspecified atom stereocenters. The molecule has 0 radical (unpaired) electrons. The normalized spacial score (nSPS) is 15.8. The monoisotopic (exact) mass is 331 g/mol. The summed E-state index contributed by atoms with van der Waals surface area (Å²) in [6.45, 7) is 1.90. The van der Waals surface area contributed by atoms with Crippen molar-refractivity contribution >= 4 is 23.2 Å². The molecule has 0 heterocycles. The average Bonchev–Trinajstić information content (AvgIpc) is 2.56. The lowest BCUT2D eigenvalue weighted by Gasteiger charge is -2.30. The second-order valence-electron chi connectivity index (χ2n) is 6.03. The fraction of sp³-hybridized carbons (Fsp3) is 0.444. The van der Waals surface area contributed by atoms with Gasteiger partial charge in [-0.15, -0.1) is 0 Å². The zero-order chi connectivity index (χ0) is 16.8. The van der Waals surface area contributed by atoms with E-state index < -0.39 is 5.91 Å². The summed E-state index contributed by atoms with van der Waals surface area (Å²) in [4.78, 5) is 14.3. The molecule has 122 valence electrons. The van der Waals surface area contributed by atoms with Gasteiger partial charge in [-0.05, 0) is 37.5 Å². The molecular formula is C18H22ClN3O. The highest BCUT2D eigenvalue weighted by molar-refractivity contribution is 6.31. The first-order valence-electron chi connectivity index (χ1n) is 7.92. The Labute approximate surface area is 142 Å². The van der Waals surface area contributed by atoms with Gasteiger partial charge in [0.05, 0.1) is 0 Å². The number of carbonyl (C=O) groups excluding carboxylic acids is 1. The summed E-state index contributed by atoms with van der Waals surface area (Å²) in [5.74, 6) is -0.407. The van der Waals surface area contributed by atoms with Gasteiger partial charge in [-0.2, -0.15) is 5.26 Å². The maximum Gasteiger partial charge on any atom is 0.267 e. The molecular weight excluding hydrogens is 310 g/mol. The summed E-state index contributed by atoms with van der Waals surface area (Å²) < 4.78 is 0. The Kier molecular flexibility index (Phi) is 6.06. The predicted octanol–water partition coefficient (Wildman–Crippen LogP) is 4.26. The molecule has 1 saturated carbocycles. The van der Waals surface area contributed by atoms with Crippen LogP contribution in [-0.2, 0) is 4.79 Å². The molecule has 0 bridgehead atoms. The first kappa shape index (κ1) is 17.4. The number of rotatable bonds is 4. The number of anilines is 1. The molecule has 23 heavy (non-hydrogen) atoms. The third kappa shape index (κ3) is 4.74. The number of aryl methyl sites for hydroxylation is 1. The van der Waals surface area contributed by atoms with E-state index in [0.717, 1.165) is 18.4 Å². The van der Waals surface area contributed by atoms with Crippen LogP contribution in [0.1, 0.15) is 37.7 Å². The second-order valence-corrected chi connectivity index (χ2v) is 6.44. The molecule has 0 aliphatic heterocycles. The highest BCUT2D eigenvalue weighted by atomic mass is 35.5. The first-order chi connectivity index (χ1) is 11.0. The van der Waals surface area contributed by atoms with E-state index in [-0.39, 0.29) is 5.57 Å². The van der Waals surface area contributed by atoms with Crippen LogP contribution in [0.15, 0.2) is 30.0 Å². The lowest BCUT2D eigenvalue weighted by Crippen LogP contribution is -2.30. The van der Waals surface area contributed by atoms with Crippen molar-refractivity contribution in [3.63, 3.8) is 0 Å². The molecule has 4 nitrogen and oxygen atoms in total. The molecule has 0 aromatic heterocycles. The fourth-order valence-electron chi connectivity index (χ4n) is 2.80. The van der Waals surface area contributed by atoms with Crippen molar-refractivity contribution in [1.82, 2.24) is 4.90 Å². The van der Waals surface area contributed by atoms with Gasteiger partial charge < -0.3 is 10.2 Å². The Bertz CT molecular complexity index is 642. The van der Waals surface area contributed by atoms with Crippen LogP contribution in [0.4, 0.5) is 5.69 Å². The number of nitriles is 1. The first-order valence-corrected chi connectivity index (χ1v) is 8.30. The second kappa shape index (κ2) is 8.03. The molecule has 1 aliphatic carbocycles. The molecule has 1 amide bonds. The fourth-order valence-corrected chi connectivity index (χ4v) is 2.99. The van der Waals surface area contributed by atoms with E-state index in [4.69, 9.17) is 11.6 Å². The summed E-state index contributed by atoms with van der Waals surface area (Å²) in [7, 11) is 1.93. The van der Waals surface area contributed by atoms with Gasteiger partial charge in [0.15, 0.2) is 0 Å². The Morgan fingerprint density at radius 3 is 2.70 bits per heavy atom. The number of benzene rings is 1. The topological polar surface area (TPSA) is 56.1 Å². The molecule has 0 spiro atoms. The van der Waals surface area contributed by atoms with Gasteiger partial charge in [0, 0.05) is 30.0 Å². The lowest BCUT2D eigenvalue weighted by atomic mass is 9.94. The minimum absolute atomic E-state index is 0.106. The SMILES string of the molecule is Cc1ccc(NC(=O)/C(C#N)=C\N(C)C2CCCCC2)cc1Cl. The molecule has 1 N–H and O–H groups in total. The van der Waals surface area contributed by atoms with Gasteiger partial charge in [0.1, 0.15) is 11.6 Å². The molecule has 1 aromatic carbocycles.